The molecule has 0 radical (unpaired) electrons. The molecule has 0 aliphatic carbocycles. The highest BCUT2D eigenvalue weighted by molar-refractivity contribution is 7.80. The lowest BCUT2D eigenvalue weighted by Crippen LogP contribution is -2.36. The van der Waals surface area contributed by atoms with E-state index in [9.17, 15) is 0 Å². The molecule has 0 aromatic rings. The van der Waals surface area contributed by atoms with Crippen LogP contribution in [0.5, 0.6) is 0 Å². The van der Waals surface area contributed by atoms with Crippen molar-refractivity contribution in [3.63, 3.8) is 0 Å². The number of hydrogen-bond donors (Lipinski definition) is 2. The molecule has 0 rings (SSSR count). The maximum absolute atomic E-state index is 5.83. The van der Waals surface area contributed by atoms with Gasteiger partial charge in [0.05, 0.1) is 0 Å². The number of unbranched alkanes of at least 4 members (excludes halogenated alkanes) is 10. The lowest BCUT2D eigenvalue weighted by molar-refractivity contribution is 0.0927. The smallest absolute Gasteiger partial charge is 0.166 e. The van der Waals surface area contributed by atoms with Gasteiger partial charge in [-0.05, 0) is 37.4 Å². The minimum Gasteiger partial charge on any atom is -0.381 e. The molecule has 3 nitrogen and oxygen atoms in total. The highest BCUT2D eigenvalue weighted by Gasteiger charge is 2.05. The van der Waals surface area contributed by atoms with Gasteiger partial charge in [-0.1, -0.05) is 97.8 Å². The van der Waals surface area contributed by atoms with Gasteiger partial charge in [0, 0.05) is 26.3 Å². The topological polar surface area (TPSA) is 33.3 Å². The van der Waals surface area contributed by atoms with E-state index in [1.165, 1.54) is 89.9 Å². The van der Waals surface area contributed by atoms with E-state index >= 15 is 0 Å². The maximum atomic E-state index is 5.83. The van der Waals surface area contributed by atoms with Crippen LogP contribution in [0.2, 0.25) is 0 Å². The first-order valence-electron chi connectivity index (χ1n) is 12.3. The standard InChI is InChI=1S/C24H50N2OS/c1-4-7-9-10-11-12-13-14-15-16-19-25-24(28)26-20-17-21-27-22-23(6-3)18-8-5-2/h23H,4-22H2,1-3H3,(H2,25,26,28). The van der Waals surface area contributed by atoms with Crippen molar-refractivity contribution >= 4 is 17.3 Å². The SMILES string of the molecule is CCCCCCCCCCCCNC(=S)NCCCOCC(CC)CCCC. The molecule has 0 spiro atoms. The fourth-order valence-corrected chi connectivity index (χ4v) is 3.61. The number of thiocarbonyl (C=S) groups is 1. The van der Waals surface area contributed by atoms with Crippen LogP contribution in [-0.4, -0.2) is 31.4 Å². The quantitative estimate of drug-likeness (QED) is 0.156. The van der Waals surface area contributed by atoms with E-state index in [4.69, 9.17) is 17.0 Å². The van der Waals surface area contributed by atoms with E-state index in [1.54, 1.807) is 0 Å². The van der Waals surface area contributed by atoms with E-state index in [1.807, 2.05) is 0 Å². The third-order valence-corrected chi connectivity index (χ3v) is 5.75. The Labute approximate surface area is 182 Å². The summed E-state index contributed by atoms with van der Waals surface area (Å²) in [4.78, 5) is 0. The number of hydrogen-bond acceptors (Lipinski definition) is 2. The van der Waals surface area contributed by atoms with E-state index in [0.717, 1.165) is 43.8 Å². The summed E-state index contributed by atoms with van der Waals surface area (Å²) < 4.78 is 5.83. The molecule has 1 atom stereocenters. The second-order valence-electron chi connectivity index (χ2n) is 8.21. The van der Waals surface area contributed by atoms with Crippen molar-refractivity contribution in [3.05, 3.63) is 0 Å². The average molecular weight is 415 g/mol. The Morgan fingerprint density at radius 2 is 1.25 bits per heavy atom. The lowest BCUT2D eigenvalue weighted by atomic mass is 10.0. The Hall–Kier alpha value is -0.350. The lowest BCUT2D eigenvalue weighted by Gasteiger charge is -2.15. The van der Waals surface area contributed by atoms with Gasteiger partial charge < -0.3 is 15.4 Å². The second-order valence-corrected chi connectivity index (χ2v) is 8.62. The number of rotatable bonds is 21. The normalized spacial score (nSPS) is 12.1. The minimum atomic E-state index is 0.733. The molecule has 1 unspecified atom stereocenters. The fourth-order valence-electron chi connectivity index (χ4n) is 3.40. The molecular formula is C24H50N2OS. The van der Waals surface area contributed by atoms with Crippen molar-refractivity contribution in [1.29, 1.82) is 0 Å². The summed E-state index contributed by atoms with van der Waals surface area (Å²) in [5.41, 5.74) is 0. The molecule has 0 aromatic carbocycles. The van der Waals surface area contributed by atoms with Crippen LogP contribution in [0.1, 0.15) is 117 Å². The third kappa shape index (κ3) is 20.4. The molecule has 0 amide bonds. The van der Waals surface area contributed by atoms with Gasteiger partial charge in [-0.3, -0.25) is 0 Å². The van der Waals surface area contributed by atoms with Crippen molar-refractivity contribution in [2.24, 2.45) is 5.92 Å². The van der Waals surface area contributed by atoms with Gasteiger partial charge in [-0.25, -0.2) is 0 Å². The zero-order valence-corrected chi connectivity index (χ0v) is 20.1. The van der Waals surface area contributed by atoms with Gasteiger partial charge in [-0.15, -0.1) is 0 Å². The van der Waals surface area contributed by atoms with Crippen molar-refractivity contribution < 1.29 is 4.74 Å². The molecule has 0 heterocycles. The summed E-state index contributed by atoms with van der Waals surface area (Å²) in [6, 6.07) is 0. The first-order chi connectivity index (χ1) is 13.7. The summed E-state index contributed by atoms with van der Waals surface area (Å²) >= 11 is 5.35. The van der Waals surface area contributed by atoms with E-state index in [-0.39, 0.29) is 0 Å². The second kappa shape index (κ2) is 22.9. The Morgan fingerprint density at radius 1 is 0.714 bits per heavy atom. The van der Waals surface area contributed by atoms with Gasteiger partial charge in [0.15, 0.2) is 5.11 Å². The Kier molecular flexibility index (Phi) is 22.6. The van der Waals surface area contributed by atoms with Crippen LogP contribution in [0.4, 0.5) is 0 Å². The molecule has 0 aromatic heterocycles. The molecule has 4 heteroatoms. The van der Waals surface area contributed by atoms with Crippen molar-refractivity contribution in [2.45, 2.75) is 117 Å². The number of ether oxygens (including phenoxy) is 1. The molecule has 2 N–H and O–H groups in total. The predicted molar refractivity (Wildman–Crippen MR) is 129 cm³/mol. The van der Waals surface area contributed by atoms with Gasteiger partial charge in [0.2, 0.25) is 0 Å². The van der Waals surface area contributed by atoms with E-state index < -0.39 is 0 Å². The van der Waals surface area contributed by atoms with Gasteiger partial charge in [0.1, 0.15) is 0 Å². The van der Waals surface area contributed by atoms with Crippen LogP contribution >= 0.6 is 12.2 Å². The monoisotopic (exact) mass is 414 g/mol. The number of nitrogens with one attached hydrogen (secondary N) is 2. The summed E-state index contributed by atoms with van der Waals surface area (Å²) in [6.45, 7) is 10.4. The fraction of sp³-hybridized carbons (Fsp3) is 0.958. The van der Waals surface area contributed by atoms with Gasteiger partial charge in [0.25, 0.3) is 0 Å². The molecule has 0 bridgehead atoms. The largest absolute Gasteiger partial charge is 0.381 e. The summed E-state index contributed by atoms with van der Waals surface area (Å²) in [5.74, 6) is 0.733. The highest BCUT2D eigenvalue weighted by Crippen LogP contribution is 2.13. The summed E-state index contributed by atoms with van der Waals surface area (Å²) in [5, 5.41) is 7.42. The van der Waals surface area contributed by atoms with Crippen LogP contribution in [0.3, 0.4) is 0 Å². The van der Waals surface area contributed by atoms with E-state index in [0.29, 0.717) is 0 Å². The van der Waals surface area contributed by atoms with Crippen molar-refractivity contribution in [2.75, 3.05) is 26.3 Å². The van der Waals surface area contributed by atoms with Gasteiger partial charge >= 0.3 is 0 Å². The van der Waals surface area contributed by atoms with Gasteiger partial charge in [-0.2, -0.15) is 0 Å². The zero-order valence-electron chi connectivity index (χ0n) is 19.3. The Balaban J connectivity index is 3.29. The van der Waals surface area contributed by atoms with Crippen LogP contribution in [-0.2, 0) is 4.74 Å². The molecule has 0 fully saturated rings. The Morgan fingerprint density at radius 3 is 1.82 bits per heavy atom. The average Bonchev–Trinajstić information content (AvgIpc) is 2.71. The van der Waals surface area contributed by atoms with Crippen molar-refractivity contribution in [1.82, 2.24) is 10.6 Å². The Bertz CT molecular complexity index is 326. The van der Waals surface area contributed by atoms with E-state index in [2.05, 4.69) is 31.4 Å². The minimum absolute atomic E-state index is 0.733. The molecule has 28 heavy (non-hydrogen) atoms. The van der Waals surface area contributed by atoms with Crippen LogP contribution in [0, 0.1) is 5.92 Å². The summed E-state index contributed by atoms with van der Waals surface area (Å²) in [6.07, 6.45) is 19.9. The molecule has 0 aliphatic rings. The van der Waals surface area contributed by atoms with Crippen LogP contribution in [0.15, 0.2) is 0 Å². The first-order valence-corrected chi connectivity index (χ1v) is 12.7. The summed E-state index contributed by atoms with van der Waals surface area (Å²) in [7, 11) is 0. The molecule has 0 saturated carbocycles. The first kappa shape index (κ1) is 27.6. The van der Waals surface area contributed by atoms with Crippen LogP contribution in [0.25, 0.3) is 0 Å². The highest BCUT2D eigenvalue weighted by atomic mass is 32.1. The predicted octanol–water partition coefficient (Wildman–Crippen LogP) is 6.99. The zero-order chi connectivity index (χ0) is 20.7. The van der Waals surface area contributed by atoms with Crippen molar-refractivity contribution in [3.8, 4) is 0 Å². The molecular weight excluding hydrogens is 364 g/mol. The third-order valence-electron chi connectivity index (χ3n) is 5.46. The molecule has 0 aliphatic heterocycles. The molecule has 0 saturated heterocycles. The maximum Gasteiger partial charge on any atom is 0.166 e. The van der Waals surface area contributed by atoms with Crippen LogP contribution < -0.4 is 10.6 Å². The molecule has 168 valence electrons.